The molecule has 0 amide bonds. The fraction of sp³-hybridized carbons (Fsp3) is 0.391. The summed E-state index contributed by atoms with van der Waals surface area (Å²) in [7, 11) is -3.62. The van der Waals surface area contributed by atoms with E-state index in [1.54, 1.807) is 34.2 Å². The quantitative estimate of drug-likeness (QED) is 0.591. The van der Waals surface area contributed by atoms with Crippen molar-refractivity contribution in [3.05, 3.63) is 65.5 Å². The van der Waals surface area contributed by atoms with Crippen LogP contribution in [0.4, 0.5) is 4.39 Å². The van der Waals surface area contributed by atoms with Crippen molar-refractivity contribution in [3.63, 3.8) is 0 Å². The number of sulfonamides is 1. The molecular weight excluding hydrogens is 415 g/mol. The molecule has 0 N–H and O–H groups in total. The predicted octanol–water partition coefficient (Wildman–Crippen LogP) is 4.29. The highest BCUT2D eigenvalue weighted by Gasteiger charge is 2.33. The predicted molar refractivity (Wildman–Crippen MR) is 118 cm³/mol. The van der Waals surface area contributed by atoms with E-state index in [1.165, 1.54) is 12.1 Å². The summed E-state index contributed by atoms with van der Waals surface area (Å²) in [5, 5.41) is 4.30. The van der Waals surface area contributed by atoms with E-state index in [4.69, 9.17) is 4.98 Å². The lowest BCUT2D eigenvalue weighted by molar-refractivity contribution is 0.312. The molecule has 31 heavy (non-hydrogen) atoms. The first-order valence-corrected chi connectivity index (χ1v) is 12.0. The lowest BCUT2D eigenvalue weighted by Crippen LogP contribution is -2.39. The molecule has 6 nitrogen and oxygen atoms in total. The number of nitrogens with zero attached hydrogens (tertiary/aromatic N) is 4. The minimum atomic E-state index is -3.62. The van der Waals surface area contributed by atoms with Crippen LogP contribution in [-0.2, 0) is 16.6 Å². The Morgan fingerprint density at radius 3 is 2.55 bits per heavy atom. The van der Waals surface area contributed by atoms with Crippen LogP contribution in [0.2, 0.25) is 0 Å². The van der Waals surface area contributed by atoms with Crippen LogP contribution in [0.1, 0.15) is 42.8 Å². The standard InChI is InChI=1S/C23H27FN4O2S/c1-4-27-15-23(17(3)26-27)31(29,30)28-11-5-6-19(14-28)22-13-20(12-16(2)25-22)18-7-9-21(24)10-8-18/h7-10,12-13,15,19H,4-6,11,14H2,1-3H3. The lowest BCUT2D eigenvalue weighted by atomic mass is 9.93. The topological polar surface area (TPSA) is 68.1 Å². The normalized spacial score (nSPS) is 17.7. The van der Waals surface area contributed by atoms with Gasteiger partial charge in [-0.05, 0) is 69.0 Å². The molecular formula is C23H27FN4O2S. The van der Waals surface area contributed by atoms with E-state index in [2.05, 4.69) is 5.10 Å². The summed E-state index contributed by atoms with van der Waals surface area (Å²) in [6.45, 7) is 7.10. The number of piperidine rings is 1. The monoisotopic (exact) mass is 442 g/mol. The van der Waals surface area contributed by atoms with Gasteiger partial charge >= 0.3 is 0 Å². The van der Waals surface area contributed by atoms with Gasteiger partial charge in [-0.1, -0.05) is 12.1 Å². The Balaban J connectivity index is 1.63. The highest BCUT2D eigenvalue weighted by atomic mass is 32.2. The summed E-state index contributed by atoms with van der Waals surface area (Å²) in [6.07, 6.45) is 3.26. The summed E-state index contributed by atoms with van der Waals surface area (Å²) in [5.41, 5.74) is 4.13. The first-order chi connectivity index (χ1) is 14.8. The van der Waals surface area contributed by atoms with Gasteiger partial charge in [0.25, 0.3) is 0 Å². The second-order valence-corrected chi connectivity index (χ2v) is 9.97. The van der Waals surface area contributed by atoms with Crippen LogP contribution in [0.3, 0.4) is 0 Å². The zero-order chi connectivity index (χ0) is 22.2. The van der Waals surface area contributed by atoms with Gasteiger partial charge in [-0.3, -0.25) is 9.67 Å². The third kappa shape index (κ3) is 4.41. The molecule has 2 aromatic heterocycles. The second kappa shape index (κ2) is 8.51. The molecule has 0 spiro atoms. The Bertz CT molecular complexity index is 1190. The average Bonchev–Trinajstić information content (AvgIpc) is 3.15. The minimum absolute atomic E-state index is 0.00384. The Labute approximate surface area is 182 Å². The second-order valence-electron chi connectivity index (χ2n) is 8.07. The molecule has 1 saturated heterocycles. The van der Waals surface area contributed by atoms with Crippen molar-refractivity contribution in [3.8, 4) is 11.1 Å². The summed E-state index contributed by atoms with van der Waals surface area (Å²) < 4.78 is 43.2. The van der Waals surface area contributed by atoms with Gasteiger partial charge < -0.3 is 0 Å². The first-order valence-electron chi connectivity index (χ1n) is 10.6. The van der Waals surface area contributed by atoms with Crippen molar-refractivity contribution in [1.29, 1.82) is 0 Å². The fourth-order valence-electron chi connectivity index (χ4n) is 4.17. The number of rotatable bonds is 5. The van der Waals surface area contributed by atoms with Gasteiger partial charge in [-0.15, -0.1) is 0 Å². The van der Waals surface area contributed by atoms with Crippen LogP contribution in [0.5, 0.6) is 0 Å². The lowest BCUT2D eigenvalue weighted by Gasteiger charge is -2.31. The smallest absolute Gasteiger partial charge is 0.246 e. The summed E-state index contributed by atoms with van der Waals surface area (Å²) in [4.78, 5) is 4.99. The molecule has 1 unspecified atom stereocenters. The third-order valence-electron chi connectivity index (χ3n) is 5.80. The van der Waals surface area contributed by atoms with Crippen molar-refractivity contribution in [2.75, 3.05) is 13.1 Å². The summed E-state index contributed by atoms with van der Waals surface area (Å²) >= 11 is 0. The van der Waals surface area contributed by atoms with Crippen molar-refractivity contribution in [2.45, 2.75) is 51.0 Å². The van der Waals surface area contributed by atoms with E-state index in [9.17, 15) is 12.8 Å². The van der Waals surface area contributed by atoms with Crippen molar-refractivity contribution < 1.29 is 12.8 Å². The molecule has 4 rings (SSSR count). The number of halogens is 1. The van der Waals surface area contributed by atoms with Gasteiger partial charge in [0.15, 0.2) is 0 Å². The Hall–Kier alpha value is -2.58. The maximum atomic E-state index is 13.3. The van der Waals surface area contributed by atoms with Crippen molar-refractivity contribution >= 4 is 10.0 Å². The maximum Gasteiger partial charge on any atom is 0.246 e. The van der Waals surface area contributed by atoms with E-state index in [1.807, 2.05) is 26.0 Å². The summed E-state index contributed by atoms with van der Waals surface area (Å²) in [6, 6.07) is 10.4. The van der Waals surface area contributed by atoms with Crippen molar-refractivity contribution in [2.24, 2.45) is 0 Å². The van der Waals surface area contributed by atoms with Gasteiger partial charge in [0.05, 0.1) is 5.69 Å². The Morgan fingerprint density at radius 1 is 1.13 bits per heavy atom. The fourth-order valence-corrected chi connectivity index (χ4v) is 5.86. The van der Waals surface area contributed by atoms with E-state index < -0.39 is 10.0 Å². The molecule has 1 aliphatic rings. The Morgan fingerprint density at radius 2 is 1.87 bits per heavy atom. The highest BCUT2D eigenvalue weighted by Crippen LogP contribution is 2.32. The maximum absolute atomic E-state index is 13.3. The van der Waals surface area contributed by atoms with Gasteiger partial charge in [0.1, 0.15) is 10.7 Å². The molecule has 8 heteroatoms. The molecule has 1 fully saturated rings. The molecule has 1 aliphatic heterocycles. The zero-order valence-corrected chi connectivity index (χ0v) is 18.9. The molecule has 3 heterocycles. The minimum Gasteiger partial charge on any atom is -0.271 e. The van der Waals surface area contributed by atoms with Crippen LogP contribution < -0.4 is 0 Å². The van der Waals surface area contributed by atoms with E-state index in [0.717, 1.165) is 35.4 Å². The van der Waals surface area contributed by atoms with Crippen LogP contribution in [0.25, 0.3) is 11.1 Å². The van der Waals surface area contributed by atoms with Crippen LogP contribution >= 0.6 is 0 Å². The molecule has 0 saturated carbocycles. The number of aromatic nitrogens is 3. The molecule has 3 aromatic rings. The molecule has 164 valence electrons. The zero-order valence-electron chi connectivity index (χ0n) is 18.0. The van der Waals surface area contributed by atoms with Crippen LogP contribution in [0, 0.1) is 19.7 Å². The van der Waals surface area contributed by atoms with Gasteiger partial charge in [-0.25, -0.2) is 12.8 Å². The van der Waals surface area contributed by atoms with Crippen LogP contribution in [0.15, 0.2) is 47.5 Å². The Kier molecular flexibility index (Phi) is 5.94. The van der Waals surface area contributed by atoms with Crippen LogP contribution in [-0.4, -0.2) is 40.6 Å². The molecule has 1 aromatic carbocycles. The largest absolute Gasteiger partial charge is 0.271 e. The first kappa shape index (κ1) is 21.6. The van der Waals surface area contributed by atoms with E-state index in [0.29, 0.717) is 25.3 Å². The number of hydrogen-bond acceptors (Lipinski definition) is 4. The molecule has 1 atom stereocenters. The average molecular weight is 443 g/mol. The third-order valence-corrected chi connectivity index (χ3v) is 7.76. The number of pyridine rings is 1. The molecule has 0 bridgehead atoms. The highest BCUT2D eigenvalue weighted by molar-refractivity contribution is 7.89. The molecule has 0 radical (unpaired) electrons. The van der Waals surface area contributed by atoms with Crippen molar-refractivity contribution in [1.82, 2.24) is 19.1 Å². The van der Waals surface area contributed by atoms with E-state index in [-0.39, 0.29) is 16.6 Å². The van der Waals surface area contributed by atoms with Gasteiger partial charge in [0, 0.05) is 43.1 Å². The van der Waals surface area contributed by atoms with Gasteiger partial charge in [0.2, 0.25) is 10.0 Å². The van der Waals surface area contributed by atoms with E-state index >= 15 is 0 Å². The number of hydrogen-bond donors (Lipinski definition) is 0. The summed E-state index contributed by atoms with van der Waals surface area (Å²) in [5.74, 6) is -0.270. The molecule has 0 aliphatic carbocycles. The number of benzene rings is 1. The SMILES string of the molecule is CCn1cc(S(=O)(=O)N2CCCC(c3cc(-c4ccc(F)cc4)cc(C)n3)C2)c(C)n1. The van der Waals surface area contributed by atoms with Gasteiger partial charge in [-0.2, -0.15) is 9.40 Å². The number of aryl methyl sites for hydroxylation is 3.